The number of hydrogen-bond acceptors (Lipinski definition) is 0. The van der Waals surface area contributed by atoms with E-state index >= 15 is 0 Å². The van der Waals surface area contributed by atoms with Crippen molar-refractivity contribution >= 4 is 6.08 Å². The van der Waals surface area contributed by atoms with Crippen molar-refractivity contribution in [2.75, 3.05) is 0 Å². The summed E-state index contributed by atoms with van der Waals surface area (Å²) in [5.74, 6) is 0. The van der Waals surface area contributed by atoms with Crippen LogP contribution in [0, 0.1) is 6.92 Å². The van der Waals surface area contributed by atoms with Gasteiger partial charge >= 0.3 is 0 Å². The van der Waals surface area contributed by atoms with Gasteiger partial charge in [0.1, 0.15) is 0 Å². The summed E-state index contributed by atoms with van der Waals surface area (Å²) in [5, 5.41) is 0. The smallest absolute Gasteiger partial charge is 0.00879 e. The second kappa shape index (κ2) is 3.64. The molecule has 0 unspecified atom stereocenters. The first-order valence-corrected chi connectivity index (χ1v) is 5.70. The third-order valence-electron chi connectivity index (χ3n) is 3.15. The zero-order valence-corrected chi connectivity index (χ0v) is 9.40. The van der Waals surface area contributed by atoms with Crippen molar-refractivity contribution in [2.24, 2.45) is 0 Å². The van der Waals surface area contributed by atoms with Crippen molar-refractivity contribution < 1.29 is 0 Å². The van der Waals surface area contributed by atoms with Crippen molar-refractivity contribution in [3.63, 3.8) is 0 Å². The molecular weight excluding hydrogens is 192 g/mol. The van der Waals surface area contributed by atoms with Crippen molar-refractivity contribution in [2.45, 2.75) is 13.3 Å². The number of rotatable bonds is 0. The minimum Gasteiger partial charge on any atom is -0.0795 e. The zero-order valence-electron chi connectivity index (χ0n) is 9.40. The predicted molar refractivity (Wildman–Crippen MR) is 69.4 cm³/mol. The molecular formula is C16H14. The van der Waals surface area contributed by atoms with Crippen LogP contribution in [0.4, 0.5) is 0 Å². The van der Waals surface area contributed by atoms with Crippen LogP contribution in [0.3, 0.4) is 0 Å². The fraction of sp³-hybridized carbons (Fsp3) is 0.125. The van der Waals surface area contributed by atoms with Crippen LogP contribution in [-0.4, -0.2) is 0 Å². The van der Waals surface area contributed by atoms with E-state index in [1.165, 1.54) is 27.8 Å². The topological polar surface area (TPSA) is 0 Å². The van der Waals surface area contributed by atoms with Crippen molar-refractivity contribution in [3.05, 3.63) is 65.2 Å². The summed E-state index contributed by atoms with van der Waals surface area (Å²) in [4.78, 5) is 0. The van der Waals surface area contributed by atoms with Crippen LogP contribution in [0.2, 0.25) is 0 Å². The zero-order chi connectivity index (χ0) is 11.0. The second-order valence-electron chi connectivity index (χ2n) is 4.35. The maximum absolute atomic E-state index is 2.26. The van der Waals surface area contributed by atoms with Gasteiger partial charge in [-0.25, -0.2) is 0 Å². The fourth-order valence-electron chi connectivity index (χ4n) is 2.34. The highest BCUT2D eigenvalue weighted by atomic mass is 14.1. The first-order valence-electron chi connectivity index (χ1n) is 5.70. The maximum Gasteiger partial charge on any atom is -0.00879 e. The van der Waals surface area contributed by atoms with E-state index in [1.807, 2.05) is 0 Å². The minimum atomic E-state index is 1.03. The molecule has 0 aliphatic heterocycles. The second-order valence-corrected chi connectivity index (χ2v) is 4.35. The summed E-state index contributed by atoms with van der Waals surface area (Å²) in [7, 11) is 0. The third kappa shape index (κ3) is 1.47. The Morgan fingerprint density at radius 1 is 0.938 bits per heavy atom. The van der Waals surface area contributed by atoms with Crippen LogP contribution in [0.1, 0.15) is 16.7 Å². The molecule has 0 amide bonds. The average Bonchev–Trinajstić information content (AvgIpc) is 2.47. The molecule has 1 aliphatic rings. The van der Waals surface area contributed by atoms with Gasteiger partial charge in [0.2, 0.25) is 0 Å². The normalized spacial score (nSPS) is 12.8. The van der Waals surface area contributed by atoms with Gasteiger partial charge in [0.25, 0.3) is 0 Å². The van der Waals surface area contributed by atoms with Crippen molar-refractivity contribution in [1.82, 2.24) is 0 Å². The van der Waals surface area contributed by atoms with E-state index in [-0.39, 0.29) is 0 Å². The summed E-state index contributed by atoms with van der Waals surface area (Å²) in [5.41, 5.74) is 6.81. The summed E-state index contributed by atoms with van der Waals surface area (Å²) >= 11 is 0. The Morgan fingerprint density at radius 3 is 2.75 bits per heavy atom. The van der Waals surface area contributed by atoms with Crippen LogP contribution < -0.4 is 0 Å². The molecule has 2 aromatic rings. The molecule has 1 aliphatic carbocycles. The maximum atomic E-state index is 2.26. The Kier molecular flexibility index (Phi) is 2.14. The van der Waals surface area contributed by atoms with E-state index in [1.54, 1.807) is 0 Å². The molecule has 0 fully saturated rings. The fourth-order valence-corrected chi connectivity index (χ4v) is 2.34. The number of fused-ring (bicyclic) bond motifs is 3. The molecule has 0 heterocycles. The highest BCUT2D eigenvalue weighted by Crippen LogP contribution is 2.31. The van der Waals surface area contributed by atoms with Gasteiger partial charge < -0.3 is 0 Å². The summed E-state index contributed by atoms with van der Waals surface area (Å²) in [6.07, 6.45) is 5.52. The standard InChI is InChI=1S/C16H14/c1-12-9-10-16-14(11-12)7-4-6-13-5-2-3-8-15(13)16/h2-5,7-11H,6H2,1H3. The lowest BCUT2D eigenvalue weighted by Crippen LogP contribution is -1.87. The molecule has 0 spiro atoms. The molecule has 0 nitrogen and oxygen atoms in total. The first kappa shape index (κ1) is 9.41. The van der Waals surface area contributed by atoms with Gasteiger partial charge in [0, 0.05) is 0 Å². The number of aryl methyl sites for hydroxylation is 1. The van der Waals surface area contributed by atoms with Gasteiger partial charge in [0.15, 0.2) is 0 Å². The molecule has 0 radical (unpaired) electrons. The monoisotopic (exact) mass is 206 g/mol. The van der Waals surface area contributed by atoms with E-state index < -0.39 is 0 Å². The molecule has 3 rings (SSSR count). The molecule has 0 saturated heterocycles. The Balaban J connectivity index is 2.31. The Labute approximate surface area is 96.3 Å². The van der Waals surface area contributed by atoms with E-state index in [2.05, 4.69) is 61.5 Å². The quantitative estimate of drug-likeness (QED) is 0.605. The Hall–Kier alpha value is -1.82. The van der Waals surface area contributed by atoms with Gasteiger partial charge in [-0.1, -0.05) is 60.2 Å². The highest BCUT2D eigenvalue weighted by molar-refractivity contribution is 5.79. The molecule has 0 aromatic heterocycles. The van der Waals surface area contributed by atoms with E-state index in [4.69, 9.17) is 0 Å². The van der Waals surface area contributed by atoms with Gasteiger partial charge in [0.05, 0.1) is 0 Å². The van der Waals surface area contributed by atoms with E-state index in [0.29, 0.717) is 0 Å². The average molecular weight is 206 g/mol. The predicted octanol–water partition coefficient (Wildman–Crippen LogP) is 4.23. The minimum absolute atomic E-state index is 1.03. The summed E-state index contributed by atoms with van der Waals surface area (Å²) < 4.78 is 0. The highest BCUT2D eigenvalue weighted by Gasteiger charge is 2.09. The van der Waals surface area contributed by atoms with Gasteiger partial charge in [-0.3, -0.25) is 0 Å². The van der Waals surface area contributed by atoms with Crippen LogP contribution in [0.15, 0.2) is 48.5 Å². The Bertz CT molecular complexity index is 562. The van der Waals surface area contributed by atoms with Crippen molar-refractivity contribution in [3.8, 4) is 11.1 Å². The third-order valence-corrected chi connectivity index (χ3v) is 3.15. The summed E-state index contributed by atoms with van der Waals surface area (Å²) in [6.45, 7) is 2.14. The van der Waals surface area contributed by atoms with Crippen LogP contribution in [-0.2, 0) is 6.42 Å². The lowest BCUT2D eigenvalue weighted by Gasteiger charge is -2.09. The molecule has 16 heavy (non-hydrogen) atoms. The number of benzene rings is 2. The molecule has 0 saturated carbocycles. The van der Waals surface area contributed by atoms with Gasteiger partial charge in [-0.05, 0) is 35.6 Å². The number of allylic oxidation sites excluding steroid dienone is 1. The molecule has 0 bridgehead atoms. The van der Waals surface area contributed by atoms with E-state index in [9.17, 15) is 0 Å². The molecule has 0 heteroatoms. The largest absolute Gasteiger partial charge is 0.0795 e. The molecule has 0 atom stereocenters. The van der Waals surface area contributed by atoms with E-state index in [0.717, 1.165) is 6.42 Å². The van der Waals surface area contributed by atoms with Crippen molar-refractivity contribution in [1.29, 1.82) is 0 Å². The van der Waals surface area contributed by atoms with Crippen LogP contribution in [0.25, 0.3) is 17.2 Å². The van der Waals surface area contributed by atoms with Crippen LogP contribution >= 0.6 is 0 Å². The molecule has 78 valence electrons. The molecule has 2 aromatic carbocycles. The van der Waals surface area contributed by atoms with Crippen LogP contribution in [0.5, 0.6) is 0 Å². The SMILES string of the molecule is Cc1ccc2c(c1)C=CCc1ccccc1-2. The number of hydrogen-bond donors (Lipinski definition) is 0. The Morgan fingerprint density at radius 2 is 1.81 bits per heavy atom. The molecule has 0 N–H and O–H groups in total. The lowest BCUT2D eigenvalue weighted by molar-refractivity contribution is 1.29. The van der Waals surface area contributed by atoms with Gasteiger partial charge in [-0.2, -0.15) is 0 Å². The first-order chi connectivity index (χ1) is 7.84. The summed E-state index contributed by atoms with van der Waals surface area (Å²) in [6, 6.07) is 15.4. The lowest BCUT2D eigenvalue weighted by atomic mass is 9.95. The van der Waals surface area contributed by atoms with Gasteiger partial charge in [-0.15, -0.1) is 0 Å².